The lowest BCUT2D eigenvalue weighted by Gasteiger charge is -2.27. The van der Waals surface area contributed by atoms with Crippen molar-refractivity contribution in [3.63, 3.8) is 0 Å². The maximum Gasteiger partial charge on any atom is 0.410 e. The van der Waals surface area contributed by atoms with Gasteiger partial charge in [0.15, 0.2) is 0 Å². The number of carbonyl (C=O) groups excluding carboxylic acids is 1. The molecule has 0 aromatic rings. The number of carbonyl (C=O) groups is 1. The SMILES string of the molecule is C=C[C@H](C)[C@H]1OC(=O)N(C)[C@H]1C(C)C. The fraction of sp³-hybridized carbons (Fsp3) is 0.727. The van der Waals surface area contributed by atoms with Crippen molar-refractivity contribution in [2.24, 2.45) is 11.8 Å². The van der Waals surface area contributed by atoms with Crippen LogP contribution in [-0.4, -0.2) is 30.2 Å². The Morgan fingerprint density at radius 2 is 2.07 bits per heavy atom. The van der Waals surface area contributed by atoms with Gasteiger partial charge in [0.25, 0.3) is 0 Å². The summed E-state index contributed by atoms with van der Waals surface area (Å²) >= 11 is 0. The molecule has 14 heavy (non-hydrogen) atoms. The number of amides is 1. The lowest BCUT2D eigenvalue weighted by atomic mass is 9.90. The summed E-state index contributed by atoms with van der Waals surface area (Å²) < 4.78 is 5.32. The zero-order valence-corrected chi connectivity index (χ0v) is 9.36. The van der Waals surface area contributed by atoms with E-state index in [1.165, 1.54) is 0 Å². The van der Waals surface area contributed by atoms with E-state index in [2.05, 4.69) is 20.4 Å². The maximum atomic E-state index is 11.4. The summed E-state index contributed by atoms with van der Waals surface area (Å²) in [4.78, 5) is 13.1. The Labute approximate surface area is 85.7 Å². The lowest BCUT2D eigenvalue weighted by Crippen LogP contribution is -2.40. The van der Waals surface area contributed by atoms with Gasteiger partial charge in [-0.1, -0.05) is 26.8 Å². The number of ether oxygens (including phenoxy) is 1. The molecule has 0 aliphatic carbocycles. The molecular formula is C11H19NO2. The van der Waals surface area contributed by atoms with E-state index in [1.807, 2.05) is 13.0 Å². The first-order chi connectivity index (χ1) is 6.49. The standard InChI is InChI=1S/C11H19NO2/c1-6-8(4)10-9(7(2)3)12(5)11(13)14-10/h6-10H,1H2,2-5H3/t8-,9-,10+/m0/s1. The van der Waals surface area contributed by atoms with Crippen molar-refractivity contribution in [2.75, 3.05) is 7.05 Å². The van der Waals surface area contributed by atoms with Crippen LogP contribution in [0.25, 0.3) is 0 Å². The van der Waals surface area contributed by atoms with E-state index >= 15 is 0 Å². The van der Waals surface area contributed by atoms with Crippen LogP contribution in [0.15, 0.2) is 12.7 Å². The number of cyclic esters (lactones) is 1. The van der Waals surface area contributed by atoms with Crippen molar-refractivity contribution in [3.05, 3.63) is 12.7 Å². The van der Waals surface area contributed by atoms with Gasteiger partial charge in [0.1, 0.15) is 6.10 Å². The summed E-state index contributed by atoms with van der Waals surface area (Å²) in [5.74, 6) is 0.607. The van der Waals surface area contributed by atoms with Crippen molar-refractivity contribution < 1.29 is 9.53 Å². The topological polar surface area (TPSA) is 29.5 Å². The number of likely N-dealkylation sites (N-methyl/N-ethyl adjacent to an activating group) is 1. The van der Waals surface area contributed by atoms with Gasteiger partial charge >= 0.3 is 6.09 Å². The quantitative estimate of drug-likeness (QED) is 0.650. The molecule has 0 aromatic heterocycles. The first-order valence-corrected chi connectivity index (χ1v) is 5.05. The highest BCUT2D eigenvalue weighted by Gasteiger charge is 2.42. The largest absolute Gasteiger partial charge is 0.443 e. The number of hydrogen-bond acceptors (Lipinski definition) is 2. The van der Waals surface area contributed by atoms with Crippen LogP contribution in [0.4, 0.5) is 4.79 Å². The Balaban J connectivity index is 2.85. The Bertz CT molecular complexity index is 237. The highest BCUT2D eigenvalue weighted by molar-refractivity contribution is 5.70. The molecule has 1 amide bonds. The molecule has 3 heteroatoms. The molecule has 0 spiro atoms. The van der Waals surface area contributed by atoms with Gasteiger partial charge in [-0.15, -0.1) is 6.58 Å². The summed E-state index contributed by atoms with van der Waals surface area (Å²) in [6.45, 7) is 9.97. The molecule has 3 nitrogen and oxygen atoms in total. The number of nitrogens with zero attached hydrogens (tertiary/aromatic N) is 1. The Morgan fingerprint density at radius 3 is 2.50 bits per heavy atom. The molecule has 0 saturated carbocycles. The molecule has 1 aliphatic rings. The Morgan fingerprint density at radius 1 is 1.50 bits per heavy atom. The van der Waals surface area contributed by atoms with Gasteiger partial charge in [0, 0.05) is 13.0 Å². The third-order valence-corrected chi connectivity index (χ3v) is 2.88. The third kappa shape index (κ3) is 1.76. The summed E-state index contributed by atoms with van der Waals surface area (Å²) in [6, 6.07) is 0.162. The van der Waals surface area contributed by atoms with Crippen LogP contribution in [0, 0.1) is 11.8 Å². The molecule has 1 saturated heterocycles. The predicted octanol–water partition coefficient (Wildman–Crippen LogP) is 2.28. The first-order valence-electron chi connectivity index (χ1n) is 5.05. The minimum Gasteiger partial charge on any atom is -0.443 e. The molecule has 1 fully saturated rings. The van der Waals surface area contributed by atoms with Crippen LogP contribution in [-0.2, 0) is 4.74 Å². The van der Waals surface area contributed by atoms with Gasteiger partial charge in [-0.3, -0.25) is 0 Å². The molecule has 0 unspecified atom stereocenters. The lowest BCUT2D eigenvalue weighted by molar-refractivity contribution is 0.102. The molecule has 80 valence electrons. The molecular weight excluding hydrogens is 178 g/mol. The van der Waals surface area contributed by atoms with E-state index in [0.29, 0.717) is 5.92 Å². The minimum atomic E-state index is -0.220. The zero-order valence-electron chi connectivity index (χ0n) is 9.36. The van der Waals surface area contributed by atoms with Gasteiger partial charge < -0.3 is 9.64 Å². The van der Waals surface area contributed by atoms with E-state index in [1.54, 1.807) is 11.9 Å². The van der Waals surface area contributed by atoms with Crippen LogP contribution < -0.4 is 0 Å². The maximum absolute atomic E-state index is 11.4. The van der Waals surface area contributed by atoms with Gasteiger partial charge in [0.05, 0.1) is 6.04 Å². The van der Waals surface area contributed by atoms with Crippen LogP contribution in [0.3, 0.4) is 0 Å². The first kappa shape index (κ1) is 11.1. The minimum absolute atomic E-state index is 0.0509. The van der Waals surface area contributed by atoms with E-state index in [4.69, 9.17) is 4.74 Å². The van der Waals surface area contributed by atoms with Crippen LogP contribution in [0.2, 0.25) is 0 Å². The summed E-state index contributed by atoms with van der Waals surface area (Å²) in [6.07, 6.45) is 1.57. The molecule has 1 aliphatic heterocycles. The fourth-order valence-electron chi connectivity index (χ4n) is 1.99. The monoisotopic (exact) mass is 197 g/mol. The summed E-state index contributed by atoms with van der Waals surface area (Å²) in [7, 11) is 1.79. The summed E-state index contributed by atoms with van der Waals surface area (Å²) in [5, 5.41) is 0. The second-order valence-corrected chi connectivity index (χ2v) is 4.29. The Hall–Kier alpha value is -0.990. The molecule has 3 atom stereocenters. The molecule has 0 bridgehead atoms. The van der Waals surface area contributed by atoms with Gasteiger partial charge in [-0.05, 0) is 5.92 Å². The molecule has 0 radical (unpaired) electrons. The number of hydrogen-bond donors (Lipinski definition) is 0. The van der Waals surface area contributed by atoms with Crippen LogP contribution in [0.5, 0.6) is 0 Å². The van der Waals surface area contributed by atoms with E-state index < -0.39 is 0 Å². The van der Waals surface area contributed by atoms with E-state index in [0.717, 1.165) is 0 Å². The highest BCUT2D eigenvalue weighted by atomic mass is 16.6. The fourth-order valence-corrected chi connectivity index (χ4v) is 1.99. The van der Waals surface area contributed by atoms with Crippen molar-refractivity contribution >= 4 is 6.09 Å². The normalized spacial score (nSPS) is 29.2. The van der Waals surface area contributed by atoms with Gasteiger partial charge in [-0.2, -0.15) is 0 Å². The smallest absolute Gasteiger partial charge is 0.410 e. The van der Waals surface area contributed by atoms with Crippen molar-refractivity contribution in [3.8, 4) is 0 Å². The molecule has 0 N–H and O–H groups in total. The average molecular weight is 197 g/mol. The summed E-state index contributed by atoms with van der Waals surface area (Å²) in [5.41, 5.74) is 0. The molecule has 1 rings (SSSR count). The average Bonchev–Trinajstić information content (AvgIpc) is 2.42. The van der Waals surface area contributed by atoms with E-state index in [9.17, 15) is 4.79 Å². The third-order valence-electron chi connectivity index (χ3n) is 2.88. The molecule has 1 heterocycles. The predicted molar refractivity (Wildman–Crippen MR) is 56.0 cm³/mol. The second kappa shape index (κ2) is 4.03. The second-order valence-electron chi connectivity index (χ2n) is 4.29. The van der Waals surface area contributed by atoms with Crippen molar-refractivity contribution in [1.29, 1.82) is 0 Å². The van der Waals surface area contributed by atoms with Crippen LogP contribution >= 0.6 is 0 Å². The van der Waals surface area contributed by atoms with Crippen LogP contribution in [0.1, 0.15) is 20.8 Å². The van der Waals surface area contributed by atoms with Crippen molar-refractivity contribution in [2.45, 2.75) is 32.9 Å². The highest BCUT2D eigenvalue weighted by Crippen LogP contribution is 2.29. The van der Waals surface area contributed by atoms with Gasteiger partial charge in [0.2, 0.25) is 0 Å². The molecule has 0 aromatic carbocycles. The van der Waals surface area contributed by atoms with Gasteiger partial charge in [-0.25, -0.2) is 4.79 Å². The zero-order chi connectivity index (χ0) is 10.9. The Kier molecular flexibility index (Phi) is 3.19. The van der Waals surface area contributed by atoms with Crippen molar-refractivity contribution in [1.82, 2.24) is 4.90 Å². The van der Waals surface area contributed by atoms with E-state index in [-0.39, 0.29) is 24.2 Å². The number of rotatable bonds is 3.